The quantitative estimate of drug-likeness (QED) is 0.847. The van der Waals surface area contributed by atoms with Gasteiger partial charge in [-0.1, -0.05) is 0 Å². The number of aromatic nitrogens is 2. The van der Waals surface area contributed by atoms with E-state index in [9.17, 15) is 5.11 Å². The van der Waals surface area contributed by atoms with Crippen LogP contribution in [-0.4, -0.2) is 28.2 Å². The number of aliphatic hydroxyl groups is 1. The van der Waals surface area contributed by atoms with Crippen molar-refractivity contribution in [2.24, 2.45) is 5.41 Å². The van der Waals surface area contributed by atoms with Gasteiger partial charge in [0.15, 0.2) is 0 Å². The van der Waals surface area contributed by atoms with Crippen LogP contribution in [0.4, 0.5) is 5.82 Å². The zero-order valence-electron chi connectivity index (χ0n) is 10.0. The number of nitrogens with zero attached hydrogens (tertiary/aromatic N) is 2. The summed E-state index contributed by atoms with van der Waals surface area (Å²) in [6.07, 6.45) is 2.14. The first-order valence-electron chi connectivity index (χ1n) is 5.90. The molecule has 0 aliphatic heterocycles. The van der Waals surface area contributed by atoms with Crippen LogP contribution in [-0.2, 0) is 0 Å². The second kappa shape index (κ2) is 4.33. The largest absolute Gasteiger partial charge is 0.396 e. The number of aliphatic hydroxyl groups excluding tert-OH is 1. The van der Waals surface area contributed by atoms with Crippen molar-refractivity contribution in [2.75, 3.05) is 18.5 Å². The molecule has 2 aromatic rings. The number of thiophene rings is 1. The Kier molecular flexibility index (Phi) is 2.92. The van der Waals surface area contributed by atoms with E-state index in [1.165, 1.54) is 4.88 Å². The number of fused-ring (bicyclic) bond motifs is 1. The Labute approximate surface area is 114 Å². The molecule has 1 aliphatic rings. The zero-order valence-corrected chi connectivity index (χ0v) is 11.6. The molecule has 1 aliphatic carbocycles. The van der Waals surface area contributed by atoms with Crippen LogP contribution in [0.1, 0.15) is 17.7 Å². The fourth-order valence-corrected chi connectivity index (χ4v) is 3.09. The number of aryl methyl sites for hydroxylation is 1. The van der Waals surface area contributed by atoms with E-state index in [-0.39, 0.29) is 17.3 Å². The summed E-state index contributed by atoms with van der Waals surface area (Å²) < 4.78 is 0. The number of hydrogen-bond donors (Lipinski definition) is 2. The van der Waals surface area contributed by atoms with Crippen molar-refractivity contribution in [3.05, 3.63) is 16.2 Å². The fraction of sp³-hybridized carbons (Fsp3) is 0.500. The zero-order chi connectivity index (χ0) is 12.8. The Morgan fingerprint density at radius 3 is 2.94 bits per heavy atom. The van der Waals surface area contributed by atoms with Gasteiger partial charge in [-0.2, -0.15) is 0 Å². The summed E-state index contributed by atoms with van der Waals surface area (Å²) in [5.41, 5.74) is 0.0504. The van der Waals surface area contributed by atoms with Gasteiger partial charge in [-0.05, 0) is 37.4 Å². The molecule has 3 rings (SSSR count). The summed E-state index contributed by atoms with van der Waals surface area (Å²) >= 11 is 7.54. The highest BCUT2D eigenvalue weighted by Gasteiger charge is 2.41. The van der Waals surface area contributed by atoms with Crippen LogP contribution in [0.25, 0.3) is 10.2 Å². The number of nitrogens with one attached hydrogen (secondary N) is 1. The SMILES string of the molecule is Cc1cc2c(NCC3(CO)CC3)nc(Cl)nc2s1. The summed E-state index contributed by atoms with van der Waals surface area (Å²) in [5, 5.41) is 13.9. The van der Waals surface area contributed by atoms with Crippen molar-refractivity contribution in [3.63, 3.8) is 0 Å². The minimum absolute atomic E-state index is 0.0504. The van der Waals surface area contributed by atoms with E-state index in [0.717, 1.165) is 35.4 Å². The van der Waals surface area contributed by atoms with Crippen LogP contribution in [0.15, 0.2) is 6.07 Å². The van der Waals surface area contributed by atoms with Crippen molar-refractivity contribution in [1.29, 1.82) is 0 Å². The molecular formula is C12H14ClN3OS. The average Bonchev–Trinajstić information content (AvgIpc) is 3.02. The van der Waals surface area contributed by atoms with Crippen molar-refractivity contribution < 1.29 is 5.11 Å². The summed E-state index contributed by atoms with van der Waals surface area (Å²) in [6, 6.07) is 2.07. The second-order valence-corrected chi connectivity index (χ2v) is 6.50. The lowest BCUT2D eigenvalue weighted by Crippen LogP contribution is -2.19. The molecule has 0 bridgehead atoms. The first-order chi connectivity index (χ1) is 8.62. The lowest BCUT2D eigenvalue weighted by atomic mass is 10.1. The molecule has 0 amide bonds. The van der Waals surface area contributed by atoms with E-state index in [0.29, 0.717) is 0 Å². The van der Waals surface area contributed by atoms with Crippen molar-refractivity contribution >= 4 is 39.0 Å². The monoisotopic (exact) mass is 283 g/mol. The minimum atomic E-state index is 0.0504. The Bertz CT molecular complexity index is 594. The first-order valence-corrected chi connectivity index (χ1v) is 7.10. The molecule has 18 heavy (non-hydrogen) atoms. The van der Waals surface area contributed by atoms with Crippen LogP contribution in [0.5, 0.6) is 0 Å². The van der Waals surface area contributed by atoms with E-state index >= 15 is 0 Å². The third-order valence-electron chi connectivity index (χ3n) is 3.41. The summed E-state index contributed by atoms with van der Waals surface area (Å²) in [7, 11) is 0. The Morgan fingerprint density at radius 2 is 2.28 bits per heavy atom. The van der Waals surface area contributed by atoms with Gasteiger partial charge in [-0.3, -0.25) is 0 Å². The van der Waals surface area contributed by atoms with E-state index in [4.69, 9.17) is 11.6 Å². The topological polar surface area (TPSA) is 58.0 Å². The van der Waals surface area contributed by atoms with Gasteiger partial charge in [0.05, 0.1) is 12.0 Å². The standard InChI is InChI=1S/C12H14ClN3OS/c1-7-4-8-9(14-5-12(6-17)2-3-12)15-11(13)16-10(8)18-7/h4,17H,2-3,5-6H2,1H3,(H,14,15,16). The molecule has 1 saturated carbocycles. The molecule has 96 valence electrons. The van der Waals surface area contributed by atoms with Crippen LogP contribution in [0, 0.1) is 12.3 Å². The summed E-state index contributed by atoms with van der Waals surface area (Å²) in [5.74, 6) is 0.772. The highest BCUT2D eigenvalue weighted by Crippen LogP contribution is 2.45. The average molecular weight is 284 g/mol. The molecule has 4 nitrogen and oxygen atoms in total. The maximum Gasteiger partial charge on any atom is 0.225 e. The number of halogens is 1. The third-order valence-corrected chi connectivity index (χ3v) is 4.53. The predicted octanol–water partition coefficient (Wildman–Crippen LogP) is 2.84. The molecule has 0 aromatic carbocycles. The Balaban J connectivity index is 1.90. The van der Waals surface area contributed by atoms with Gasteiger partial charge in [-0.15, -0.1) is 11.3 Å². The maximum absolute atomic E-state index is 9.31. The lowest BCUT2D eigenvalue weighted by molar-refractivity contribution is 0.219. The fourth-order valence-electron chi connectivity index (χ4n) is 1.99. The molecule has 0 saturated heterocycles. The smallest absolute Gasteiger partial charge is 0.225 e. The van der Waals surface area contributed by atoms with Crippen molar-refractivity contribution in [2.45, 2.75) is 19.8 Å². The van der Waals surface area contributed by atoms with Gasteiger partial charge in [0.1, 0.15) is 10.6 Å². The van der Waals surface area contributed by atoms with Crippen LogP contribution in [0.3, 0.4) is 0 Å². The number of hydrogen-bond acceptors (Lipinski definition) is 5. The van der Waals surface area contributed by atoms with Gasteiger partial charge in [0.25, 0.3) is 0 Å². The number of anilines is 1. The normalized spacial score (nSPS) is 17.1. The van der Waals surface area contributed by atoms with Gasteiger partial charge in [-0.25, -0.2) is 9.97 Å². The van der Waals surface area contributed by atoms with Gasteiger partial charge in [0.2, 0.25) is 5.28 Å². The van der Waals surface area contributed by atoms with Crippen molar-refractivity contribution in [3.8, 4) is 0 Å². The Hall–Kier alpha value is -0.910. The van der Waals surface area contributed by atoms with Crippen LogP contribution < -0.4 is 5.32 Å². The predicted molar refractivity (Wildman–Crippen MR) is 74.4 cm³/mol. The van der Waals surface area contributed by atoms with E-state index in [1.807, 2.05) is 6.92 Å². The maximum atomic E-state index is 9.31. The number of rotatable bonds is 4. The molecule has 0 radical (unpaired) electrons. The molecule has 2 heterocycles. The van der Waals surface area contributed by atoms with E-state index < -0.39 is 0 Å². The molecule has 2 N–H and O–H groups in total. The summed E-state index contributed by atoms with van der Waals surface area (Å²) in [4.78, 5) is 10.6. The van der Waals surface area contributed by atoms with Crippen LogP contribution >= 0.6 is 22.9 Å². The second-order valence-electron chi connectivity index (χ2n) is 4.93. The van der Waals surface area contributed by atoms with E-state index in [2.05, 4.69) is 21.4 Å². The van der Waals surface area contributed by atoms with Gasteiger partial charge >= 0.3 is 0 Å². The molecule has 0 spiro atoms. The molecule has 2 aromatic heterocycles. The van der Waals surface area contributed by atoms with E-state index in [1.54, 1.807) is 11.3 Å². The Morgan fingerprint density at radius 1 is 1.50 bits per heavy atom. The summed E-state index contributed by atoms with van der Waals surface area (Å²) in [6.45, 7) is 3.01. The van der Waals surface area contributed by atoms with Gasteiger partial charge in [0, 0.05) is 16.8 Å². The van der Waals surface area contributed by atoms with Crippen LogP contribution in [0.2, 0.25) is 5.28 Å². The third kappa shape index (κ3) is 2.18. The molecule has 6 heteroatoms. The highest BCUT2D eigenvalue weighted by molar-refractivity contribution is 7.18. The molecule has 0 atom stereocenters. The lowest BCUT2D eigenvalue weighted by Gasteiger charge is -2.13. The molecular weight excluding hydrogens is 270 g/mol. The first kappa shape index (κ1) is 12.1. The molecule has 1 fully saturated rings. The van der Waals surface area contributed by atoms with Gasteiger partial charge < -0.3 is 10.4 Å². The van der Waals surface area contributed by atoms with Crippen molar-refractivity contribution in [1.82, 2.24) is 9.97 Å². The molecule has 0 unspecified atom stereocenters. The minimum Gasteiger partial charge on any atom is -0.396 e. The highest BCUT2D eigenvalue weighted by atomic mass is 35.5.